The van der Waals surface area contributed by atoms with E-state index in [1.54, 1.807) is 42.5 Å². The van der Waals surface area contributed by atoms with Crippen LogP contribution in [0.15, 0.2) is 42.5 Å². The number of carbonyl (C=O) groups excluding carboxylic acids is 2. The van der Waals surface area contributed by atoms with Crippen LogP contribution in [0, 0.1) is 5.41 Å². The molecule has 0 aliphatic heterocycles. The van der Waals surface area contributed by atoms with Gasteiger partial charge < -0.3 is 21.1 Å². The summed E-state index contributed by atoms with van der Waals surface area (Å²) in [5, 5.41) is 5.58. The number of benzene rings is 2. The number of amides is 2. The van der Waals surface area contributed by atoms with Crippen LogP contribution in [0.2, 0.25) is 0 Å². The van der Waals surface area contributed by atoms with Crippen molar-refractivity contribution in [2.24, 2.45) is 5.41 Å². The molecule has 0 aliphatic carbocycles. The first-order chi connectivity index (χ1) is 11.7. The van der Waals surface area contributed by atoms with Crippen molar-refractivity contribution in [3.8, 4) is 5.75 Å². The second-order valence-corrected chi connectivity index (χ2v) is 6.66. The molecule has 0 aliphatic rings. The van der Waals surface area contributed by atoms with E-state index in [4.69, 9.17) is 10.5 Å². The molecule has 2 aromatic carbocycles. The summed E-state index contributed by atoms with van der Waals surface area (Å²) in [5.74, 6) is 0.0339. The molecular formula is C19H24ClN3O3. The van der Waals surface area contributed by atoms with Crippen molar-refractivity contribution in [2.45, 2.75) is 20.8 Å². The molecule has 0 spiro atoms. The maximum Gasteiger partial charge on any atom is 0.257 e. The lowest BCUT2D eigenvalue weighted by Gasteiger charge is -2.19. The maximum atomic E-state index is 12.6. The van der Waals surface area contributed by atoms with Gasteiger partial charge in [-0.2, -0.15) is 0 Å². The molecule has 0 fully saturated rings. The fraction of sp³-hybridized carbons (Fsp3) is 0.263. The number of methoxy groups -OCH3 is 1. The summed E-state index contributed by atoms with van der Waals surface area (Å²) in [7, 11) is 1.53. The standard InChI is InChI=1S/C19H23N3O3.ClH/c1-19(2,3)18(24)22-15-8-6-5-7-13(15)17(23)21-12-9-10-16(25-4)14(20)11-12;/h5-11H,20H2,1-4H3,(H,21,23)(H,22,24);1H. The number of nitrogen functional groups attached to an aromatic ring is 1. The van der Waals surface area contributed by atoms with Gasteiger partial charge in [-0.15, -0.1) is 12.4 Å². The molecule has 6 nitrogen and oxygen atoms in total. The SMILES string of the molecule is COc1ccc(NC(=O)c2ccccc2NC(=O)C(C)(C)C)cc1N.Cl. The van der Waals surface area contributed by atoms with Crippen LogP contribution in [0.1, 0.15) is 31.1 Å². The van der Waals surface area contributed by atoms with E-state index in [1.165, 1.54) is 7.11 Å². The Morgan fingerprint density at radius 3 is 2.27 bits per heavy atom. The number of anilines is 3. The zero-order valence-corrected chi connectivity index (χ0v) is 16.1. The van der Waals surface area contributed by atoms with Crippen LogP contribution in [0.5, 0.6) is 5.75 Å². The first-order valence-corrected chi connectivity index (χ1v) is 7.87. The fourth-order valence-corrected chi connectivity index (χ4v) is 2.11. The number of rotatable bonds is 4. The van der Waals surface area contributed by atoms with Crippen molar-refractivity contribution in [3.63, 3.8) is 0 Å². The predicted molar refractivity (Wildman–Crippen MR) is 107 cm³/mol. The molecule has 0 heterocycles. The van der Waals surface area contributed by atoms with E-state index in [2.05, 4.69) is 10.6 Å². The molecule has 2 aromatic rings. The monoisotopic (exact) mass is 377 g/mol. The molecule has 0 unspecified atom stereocenters. The van der Waals surface area contributed by atoms with E-state index in [9.17, 15) is 9.59 Å². The Hall–Kier alpha value is -2.73. The smallest absolute Gasteiger partial charge is 0.257 e. The van der Waals surface area contributed by atoms with E-state index in [-0.39, 0.29) is 24.2 Å². The summed E-state index contributed by atoms with van der Waals surface area (Å²) in [6, 6.07) is 11.8. The van der Waals surface area contributed by atoms with Crippen LogP contribution in [0.25, 0.3) is 0 Å². The summed E-state index contributed by atoms with van der Waals surface area (Å²) in [6.45, 7) is 5.43. The van der Waals surface area contributed by atoms with Crippen molar-refractivity contribution < 1.29 is 14.3 Å². The molecule has 140 valence electrons. The van der Waals surface area contributed by atoms with Gasteiger partial charge in [0.1, 0.15) is 5.75 Å². The molecule has 26 heavy (non-hydrogen) atoms. The first kappa shape index (κ1) is 21.3. The van der Waals surface area contributed by atoms with Gasteiger partial charge in [-0.05, 0) is 30.3 Å². The molecule has 0 bridgehead atoms. The molecule has 2 rings (SSSR count). The lowest BCUT2D eigenvalue weighted by Crippen LogP contribution is -2.28. The highest BCUT2D eigenvalue weighted by Crippen LogP contribution is 2.26. The largest absolute Gasteiger partial charge is 0.495 e. The number of nitrogens with one attached hydrogen (secondary N) is 2. The fourth-order valence-electron chi connectivity index (χ4n) is 2.11. The van der Waals surface area contributed by atoms with Gasteiger partial charge in [-0.25, -0.2) is 0 Å². The third-order valence-corrected chi connectivity index (χ3v) is 3.59. The van der Waals surface area contributed by atoms with Crippen LogP contribution in [0.4, 0.5) is 17.1 Å². The van der Waals surface area contributed by atoms with Gasteiger partial charge in [0.15, 0.2) is 0 Å². The van der Waals surface area contributed by atoms with Gasteiger partial charge in [0.25, 0.3) is 5.91 Å². The van der Waals surface area contributed by atoms with Crippen molar-refractivity contribution in [1.82, 2.24) is 0 Å². The van der Waals surface area contributed by atoms with Crippen molar-refractivity contribution >= 4 is 41.3 Å². The van der Waals surface area contributed by atoms with Crippen molar-refractivity contribution in [2.75, 3.05) is 23.5 Å². The topological polar surface area (TPSA) is 93.5 Å². The summed E-state index contributed by atoms with van der Waals surface area (Å²) in [4.78, 5) is 24.8. The van der Waals surface area contributed by atoms with Crippen molar-refractivity contribution in [1.29, 1.82) is 0 Å². The highest BCUT2D eigenvalue weighted by molar-refractivity contribution is 6.10. The molecule has 7 heteroatoms. The number of carbonyl (C=O) groups is 2. The lowest BCUT2D eigenvalue weighted by atomic mass is 9.95. The molecule has 0 aromatic heterocycles. The van der Waals surface area contributed by atoms with Crippen LogP contribution < -0.4 is 21.1 Å². The van der Waals surface area contributed by atoms with Gasteiger partial charge in [-0.3, -0.25) is 9.59 Å². The molecule has 2 amide bonds. The Morgan fingerprint density at radius 1 is 1.04 bits per heavy atom. The second kappa shape index (κ2) is 8.58. The Bertz CT molecular complexity index is 801. The van der Waals surface area contributed by atoms with Gasteiger partial charge in [0.05, 0.1) is 24.0 Å². The molecule has 4 N–H and O–H groups in total. The van der Waals surface area contributed by atoms with E-state index in [0.717, 1.165) is 0 Å². The average Bonchev–Trinajstić information content (AvgIpc) is 2.54. The third-order valence-electron chi connectivity index (χ3n) is 3.59. The van der Waals surface area contributed by atoms with Gasteiger partial charge in [0, 0.05) is 11.1 Å². The summed E-state index contributed by atoms with van der Waals surface area (Å²) in [6.07, 6.45) is 0. The minimum atomic E-state index is -0.561. The Labute approximate surface area is 159 Å². The minimum absolute atomic E-state index is 0. The number of ether oxygens (including phenoxy) is 1. The number of nitrogens with two attached hydrogens (primary N) is 1. The Kier molecular flexibility index (Phi) is 7.03. The molecule has 0 radical (unpaired) electrons. The molecular weight excluding hydrogens is 354 g/mol. The molecule has 0 atom stereocenters. The quantitative estimate of drug-likeness (QED) is 0.703. The zero-order valence-electron chi connectivity index (χ0n) is 15.3. The lowest BCUT2D eigenvalue weighted by molar-refractivity contribution is -0.123. The third kappa shape index (κ3) is 5.13. The highest BCUT2D eigenvalue weighted by atomic mass is 35.5. The van der Waals surface area contributed by atoms with E-state index in [0.29, 0.717) is 28.4 Å². The van der Waals surface area contributed by atoms with Gasteiger partial charge in [0.2, 0.25) is 5.91 Å². The molecule has 0 saturated carbocycles. The maximum absolute atomic E-state index is 12.6. The van der Waals surface area contributed by atoms with E-state index >= 15 is 0 Å². The minimum Gasteiger partial charge on any atom is -0.495 e. The highest BCUT2D eigenvalue weighted by Gasteiger charge is 2.23. The van der Waals surface area contributed by atoms with Gasteiger partial charge >= 0.3 is 0 Å². The average molecular weight is 378 g/mol. The van der Waals surface area contributed by atoms with Crippen LogP contribution in [-0.2, 0) is 4.79 Å². The van der Waals surface area contributed by atoms with Gasteiger partial charge in [-0.1, -0.05) is 32.9 Å². The molecule has 0 saturated heterocycles. The Balaban J connectivity index is 0.00000338. The van der Waals surface area contributed by atoms with Crippen LogP contribution >= 0.6 is 12.4 Å². The summed E-state index contributed by atoms with van der Waals surface area (Å²) >= 11 is 0. The first-order valence-electron chi connectivity index (χ1n) is 7.87. The zero-order chi connectivity index (χ0) is 18.6. The number of hydrogen-bond acceptors (Lipinski definition) is 4. The van der Waals surface area contributed by atoms with E-state index < -0.39 is 5.41 Å². The number of para-hydroxylation sites is 1. The normalized spacial score (nSPS) is 10.5. The second-order valence-electron chi connectivity index (χ2n) is 6.66. The van der Waals surface area contributed by atoms with Crippen LogP contribution in [-0.4, -0.2) is 18.9 Å². The van der Waals surface area contributed by atoms with Crippen molar-refractivity contribution in [3.05, 3.63) is 48.0 Å². The summed E-state index contributed by atoms with van der Waals surface area (Å²) in [5.41, 5.74) is 7.09. The van der Waals surface area contributed by atoms with E-state index in [1.807, 2.05) is 20.8 Å². The number of halogens is 1. The Morgan fingerprint density at radius 2 is 1.69 bits per heavy atom. The van der Waals surface area contributed by atoms with Crippen LogP contribution in [0.3, 0.4) is 0 Å². The predicted octanol–water partition coefficient (Wildman–Crippen LogP) is 3.94. The number of hydrogen-bond donors (Lipinski definition) is 3. The summed E-state index contributed by atoms with van der Waals surface area (Å²) < 4.78 is 5.10.